The summed E-state index contributed by atoms with van der Waals surface area (Å²) in [4.78, 5) is 10.2. The van der Waals surface area contributed by atoms with Gasteiger partial charge >= 0.3 is 0 Å². The number of fused-ring (bicyclic) bond motifs is 14. The summed E-state index contributed by atoms with van der Waals surface area (Å²) >= 11 is 0. The molecule has 0 N–H and O–H groups in total. The molecule has 1 heterocycles. The van der Waals surface area contributed by atoms with E-state index in [1.165, 1.54) is 88.0 Å². The lowest BCUT2D eigenvalue weighted by atomic mass is 9.69. The Morgan fingerprint density at radius 3 is 1.56 bits per heavy atom. The molecule has 0 saturated heterocycles. The van der Waals surface area contributed by atoms with Crippen molar-refractivity contribution in [1.29, 1.82) is 0 Å². The van der Waals surface area contributed by atoms with Gasteiger partial charge in [-0.05, 0) is 118 Å². The minimum atomic E-state index is -0.424. The Bertz CT molecular complexity index is 3540. The fourth-order valence-electron chi connectivity index (χ4n) is 10.5. The zero-order valence-corrected chi connectivity index (χ0v) is 33.2. The molecule has 61 heavy (non-hydrogen) atoms. The average Bonchev–Trinajstić information content (AvgIpc) is 3.80. The molecule has 0 radical (unpaired) electrons. The second-order valence-electron chi connectivity index (χ2n) is 16.5. The molecule has 2 heteroatoms. The first-order valence-electron chi connectivity index (χ1n) is 21.1. The van der Waals surface area contributed by atoms with E-state index in [0.717, 1.165) is 28.1 Å². The van der Waals surface area contributed by atoms with Crippen LogP contribution >= 0.6 is 0 Å². The summed E-state index contributed by atoms with van der Waals surface area (Å²) in [5, 5.41) is 7.48. The van der Waals surface area contributed by atoms with E-state index in [4.69, 9.17) is 9.97 Å². The fraction of sp³-hybridized carbons (Fsp3) is 0.0169. The van der Waals surface area contributed by atoms with E-state index in [1.54, 1.807) is 0 Å². The summed E-state index contributed by atoms with van der Waals surface area (Å²) in [5.74, 6) is 0.716. The van der Waals surface area contributed by atoms with Crippen molar-refractivity contribution in [1.82, 2.24) is 9.97 Å². The molecule has 0 bridgehead atoms. The van der Waals surface area contributed by atoms with Gasteiger partial charge < -0.3 is 0 Å². The summed E-state index contributed by atoms with van der Waals surface area (Å²) in [6.07, 6.45) is 0. The van der Waals surface area contributed by atoms with E-state index in [0.29, 0.717) is 5.82 Å². The lowest BCUT2D eigenvalue weighted by Gasteiger charge is -2.31. The van der Waals surface area contributed by atoms with Crippen LogP contribution in [0.15, 0.2) is 218 Å². The van der Waals surface area contributed by atoms with Crippen LogP contribution in [-0.4, -0.2) is 9.97 Å². The molecule has 2 nitrogen and oxygen atoms in total. The van der Waals surface area contributed by atoms with Gasteiger partial charge in [-0.25, -0.2) is 9.97 Å². The maximum atomic E-state index is 5.13. The van der Waals surface area contributed by atoms with Crippen molar-refractivity contribution in [3.63, 3.8) is 0 Å². The van der Waals surface area contributed by atoms with Crippen molar-refractivity contribution >= 4 is 32.3 Å². The van der Waals surface area contributed by atoms with Gasteiger partial charge in [0.25, 0.3) is 0 Å². The highest BCUT2D eigenvalue weighted by Gasteiger charge is 2.52. The smallest absolute Gasteiger partial charge is 0.160 e. The predicted molar refractivity (Wildman–Crippen MR) is 253 cm³/mol. The van der Waals surface area contributed by atoms with Crippen molar-refractivity contribution in [2.45, 2.75) is 5.41 Å². The highest BCUT2D eigenvalue weighted by molar-refractivity contribution is 6.07. The SMILES string of the molecule is c1ccc(-c2nc(-c3ccc(-c4ccc5c6c(ccc5c4)-c4cc5ccccc5cc4C64c5ccccc5-c5ccccc54)cc3)cc(-c3ccc4ccccc4c3)n2)cc1. The Kier molecular flexibility index (Phi) is 7.26. The number of aromatic nitrogens is 2. The van der Waals surface area contributed by atoms with Crippen LogP contribution in [0, 0.1) is 0 Å². The van der Waals surface area contributed by atoms with Gasteiger partial charge in [0, 0.05) is 16.7 Å². The van der Waals surface area contributed by atoms with Crippen molar-refractivity contribution in [3.05, 3.63) is 241 Å². The maximum absolute atomic E-state index is 5.13. The summed E-state index contributed by atoms with van der Waals surface area (Å²) in [5.41, 5.74) is 17.6. The topological polar surface area (TPSA) is 25.8 Å². The van der Waals surface area contributed by atoms with Gasteiger partial charge in [-0.3, -0.25) is 0 Å². The van der Waals surface area contributed by atoms with Crippen LogP contribution in [0.1, 0.15) is 22.3 Å². The third kappa shape index (κ3) is 5.03. The second kappa shape index (κ2) is 13.0. The van der Waals surface area contributed by atoms with E-state index in [9.17, 15) is 0 Å². The molecule has 0 saturated carbocycles. The molecular formula is C59H36N2. The third-order valence-corrected chi connectivity index (χ3v) is 13.2. The third-order valence-electron chi connectivity index (χ3n) is 13.2. The number of hydrogen-bond donors (Lipinski definition) is 0. The van der Waals surface area contributed by atoms with Crippen LogP contribution in [0.4, 0.5) is 0 Å². The summed E-state index contributed by atoms with van der Waals surface area (Å²) < 4.78 is 0. The van der Waals surface area contributed by atoms with Gasteiger partial charge in [0.2, 0.25) is 0 Å². The minimum Gasteiger partial charge on any atom is -0.228 e. The minimum absolute atomic E-state index is 0.424. The quantitative estimate of drug-likeness (QED) is 0.178. The molecule has 0 atom stereocenters. The van der Waals surface area contributed by atoms with Crippen molar-refractivity contribution < 1.29 is 0 Å². The van der Waals surface area contributed by atoms with Gasteiger partial charge in [0.15, 0.2) is 5.82 Å². The highest BCUT2D eigenvalue weighted by Crippen LogP contribution is 2.64. The molecule has 13 rings (SSSR count). The van der Waals surface area contributed by atoms with E-state index in [2.05, 4.69) is 200 Å². The van der Waals surface area contributed by atoms with Gasteiger partial charge in [-0.1, -0.05) is 188 Å². The van der Waals surface area contributed by atoms with Crippen molar-refractivity contribution in [2.75, 3.05) is 0 Å². The lowest BCUT2D eigenvalue weighted by Crippen LogP contribution is -2.26. The molecule has 2 aliphatic rings. The monoisotopic (exact) mass is 772 g/mol. The summed E-state index contributed by atoms with van der Waals surface area (Å²) in [6, 6.07) is 79.9. The molecule has 0 amide bonds. The van der Waals surface area contributed by atoms with Crippen LogP contribution in [0.25, 0.3) is 99.6 Å². The van der Waals surface area contributed by atoms with Crippen LogP contribution in [0.5, 0.6) is 0 Å². The molecule has 0 unspecified atom stereocenters. The van der Waals surface area contributed by atoms with Crippen molar-refractivity contribution in [3.8, 4) is 67.3 Å². The van der Waals surface area contributed by atoms with Crippen LogP contribution in [-0.2, 0) is 5.41 Å². The molecule has 0 aliphatic heterocycles. The molecule has 1 aromatic heterocycles. The Morgan fingerprint density at radius 2 is 0.820 bits per heavy atom. The Hall–Kier alpha value is -7.94. The average molecular weight is 773 g/mol. The van der Waals surface area contributed by atoms with Gasteiger partial charge in [-0.2, -0.15) is 0 Å². The first-order chi connectivity index (χ1) is 30.2. The Labute approximate surface area is 354 Å². The maximum Gasteiger partial charge on any atom is 0.160 e. The second-order valence-corrected chi connectivity index (χ2v) is 16.5. The molecule has 0 fully saturated rings. The first kappa shape index (κ1) is 34.0. The van der Waals surface area contributed by atoms with E-state index in [1.807, 2.05) is 18.2 Å². The molecule has 2 aliphatic carbocycles. The standard InChI is InChI=1S/C59H36N2/c1-2-13-40(14-3-1)58-60-55(36-56(61-58)46-27-24-37-12-4-5-15-41(37)33-46)39-25-22-38(23-26-39)44-28-30-47-45(32-44)29-31-50-51-34-42-16-6-7-17-43(42)35-54(51)59(57(47)50)52-20-10-8-18-48(52)49-19-9-11-21-53(49)59/h1-36H. The molecule has 11 aromatic rings. The fourth-order valence-corrected chi connectivity index (χ4v) is 10.5. The van der Waals surface area contributed by atoms with Crippen molar-refractivity contribution in [2.24, 2.45) is 0 Å². The van der Waals surface area contributed by atoms with Crippen LogP contribution in [0.3, 0.4) is 0 Å². The number of benzene rings is 10. The highest BCUT2D eigenvalue weighted by atomic mass is 14.9. The Balaban J connectivity index is 0.942. The van der Waals surface area contributed by atoms with Gasteiger partial charge in [0.1, 0.15) is 0 Å². The first-order valence-corrected chi connectivity index (χ1v) is 21.1. The molecule has 282 valence electrons. The van der Waals surface area contributed by atoms with E-state index >= 15 is 0 Å². The lowest BCUT2D eigenvalue weighted by molar-refractivity contribution is 0.802. The largest absolute Gasteiger partial charge is 0.228 e. The van der Waals surface area contributed by atoms with Gasteiger partial charge in [-0.15, -0.1) is 0 Å². The summed E-state index contributed by atoms with van der Waals surface area (Å²) in [6.45, 7) is 0. The van der Waals surface area contributed by atoms with E-state index < -0.39 is 5.41 Å². The summed E-state index contributed by atoms with van der Waals surface area (Å²) in [7, 11) is 0. The normalized spacial score (nSPS) is 13.0. The van der Waals surface area contributed by atoms with Crippen LogP contribution < -0.4 is 0 Å². The van der Waals surface area contributed by atoms with Gasteiger partial charge in [0.05, 0.1) is 16.8 Å². The number of rotatable bonds is 4. The zero-order valence-electron chi connectivity index (χ0n) is 33.2. The Morgan fingerprint density at radius 1 is 0.279 bits per heavy atom. The molecule has 10 aromatic carbocycles. The predicted octanol–water partition coefficient (Wildman–Crippen LogP) is 14.9. The number of nitrogens with zero attached hydrogens (tertiary/aromatic N) is 2. The molecule has 1 spiro atoms. The molecular weight excluding hydrogens is 737 g/mol. The number of hydrogen-bond acceptors (Lipinski definition) is 2. The zero-order chi connectivity index (χ0) is 40.1. The van der Waals surface area contributed by atoms with Crippen LogP contribution in [0.2, 0.25) is 0 Å². The van der Waals surface area contributed by atoms with E-state index in [-0.39, 0.29) is 0 Å².